The minimum atomic E-state index is 0.0695. The van der Waals surface area contributed by atoms with Crippen LogP contribution in [0.1, 0.15) is 23.3 Å². The highest BCUT2D eigenvalue weighted by atomic mass is 32.1. The smallest absolute Gasteiger partial charge is 0.0966 e. The van der Waals surface area contributed by atoms with E-state index >= 15 is 0 Å². The molecule has 0 atom stereocenters. The van der Waals surface area contributed by atoms with Crippen molar-refractivity contribution in [3.05, 3.63) is 21.9 Å². The molecule has 0 aliphatic carbocycles. The van der Waals surface area contributed by atoms with Gasteiger partial charge in [0.25, 0.3) is 0 Å². The molecule has 0 saturated carbocycles. The Kier molecular flexibility index (Phi) is 2.34. The Morgan fingerprint density at radius 1 is 1.40 bits per heavy atom. The molecule has 0 aromatic carbocycles. The lowest BCUT2D eigenvalue weighted by Crippen LogP contribution is -2.44. The molecule has 0 bridgehead atoms. The Balaban J connectivity index is 1.94. The van der Waals surface area contributed by atoms with Gasteiger partial charge in [0.1, 0.15) is 0 Å². The zero-order valence-corrected chi connectivity index (χ0v) is 9.98. The standard InChI is InChI=1S/C12H17NOS/c1-13-6-4-12(5-7-13)10-3-9-15-11(10)2-8-14-12/h3,9H,2,4-8H2,1H3. The van der Waals surface area contributed by atoms with E-state index in [0.717, 1.165) is 39.0 Å². The first-order valence-electron chi connectivity index (χ1n) is 5.69. The summed E-state index contributed by atoms with van der Waals surface area (Å²) in [7, 11) is 2.20. The SMILES string of the molecule is CN1CCC2(CC1)OCCc1sccc12. The lowest BCUT2D eigenvalue weighted by Gasteiger charge is -2.43. The zero-order valence-electron chi connectivity index (χ0n) is 9.16. The lowest BCUT2D eigenvalue weighted by atomic mass is 9.82. The normalized spacial score (nSPS) is 25.4. The number of ether oxygens (including phenoxy) is 1. The average molecular weight is 223 g/mol. The van der Waals surface area contributed by atoms with Crippen LogP contribution in [0, 0.1) is 0 Å². The number of thiophene rings is 1. The van der Waals surface area contributed by atoms with Crippen molar-refractivity contribution in [2.75, 3.05) is 26.7 Å². The van der Waals surface area contributed by atoms with Crippen LogP contribution in [-0.4, -0.2) is 31.6 Å². The van der Waals surface area contributed by atoms with Crippen molar-refractivity contribution >= 4 is 11.3 Å². The van der Waals surface area contributed by atoms with Gasteiger partial charge in [0, 0.05) is 24.4 Å². The van der Waals surface area contributed by atoms with E-state index in [1.54, 1.807) is 4.88 Å². The van der Waals surface area contributed by atoms with E-state index < -0.39 is 0 Å². The maximum Gasteiger partial charge on any atom is 0.0966 e. The second kappa shape index (κ2) is 3.58. The first-order chi connectivity index (χ1) is 7.30. The monoisotopic (exact) mass is 223 g/mol. The van der Waals surface area contributed by atoms with Crippen molar-refractivity contribution in [3.63, 3.8) is 0 Å². The predicted octanol–water partition coefficient (Wildman–Crippen LogP) is 2.24. The molecule has 1 aromatic heterocycles. The largest absolute Gasteiger partial charge is 0.370 e. The topological polar surface area (TPSA) is 12.5 Å². The van der Waals surface area contributed by atoms with E-state index in [2.05, 4.69) is 23.4 Å². The van der Waals surface area contributed by atoms with Gasteiger partial charge in [-0.15, -0.1) is 11.3 Å². The third kappa shape index (κ3) is 1.53. The van der Waals surface area contributed by atoms with Crippen molar-refractivity contribution < 1.29 is 4.74 Å². The lowest BCUT2D eigenvalue weighted by molar-refractivity contribution is -0.0942. The Hall–Kier alpha value is -0.380. The summed E-state index contributed by atoms with van der Waals surface area (Å²) in [5.41, 5.74) is 1.56. The fourth-order valence-corrected chi connectivity index (χ4v) is 3.70. The minimum Gasteiger partial charge on any atom is -0.370 e. The van der Waals surface area contributed by atoms with Gasteiger partial charge >= 0.3 is 0 Å². The van der Waals surface area contributed by atoms with Crippen molar-refractivity contribution in [1.82, 2.24) is 4.90 Å². The quantitative estimate of drug-likeness (QED) is 0.669. The van der Waals surface area contributed by atoms with E-state index in [-0.39, 0.29) is 5.60 Å². The van der Waals surface area contributed by atoms with Crippen LogP contribution in [0.3, 0.4) is 0 Å². The second-order valence-corrected chi connectivity index (χ2v) is 5.65. The van der Waals surface area contributed by atoms with Crippen molar-refractivity contribution in [3.8, 4) is 0 Å². The molecule has 0 unspecified atom stereocenters. The molecule has 2 aliphatic heterocycles. The number of nitrogens with zero attached hydrogens (tertiary/aromatic N) is 1. The highest BCUT2D eigenvalue weighted by Gasteiger charge is 2.40. The molecule has 1 fully saturated rings. The maximum absolute atomic E-state index is 6.12. The number of rotatable bonds is 0. The molecular formula is C12H17NOS. The summed E-state index contributed by atoms with van der Waals surface area (Å²) in [4.78, 5) is 3.96. The third-order valence-electron chi connectivity index (χ3n) is 3.74. The highest BCUT2D eigenvalue weighted by Crippen LogP contribution is 2.42. The van der Waals surface area contributed by atoms with E-state index in [9.17, 15) is 0 Å². The van der Waals surface area contributed by atoms with Crippen LogP contribution in [0.25, 0.3) is 0 Å². The Morgan fingerprint density at radius 3 is 3.00 bits per heavy atom. The van der Waals surface area contributed by atoms with Gasteiger partial charge < -0.3 is 9.64 Å². The summed E-state index contributed by atoms with van der Waals surface area (Å²) in [6.45, 7) is 3.24. The van der Waals surface area contributed by atoms with Crippen molar-refractivity contribution in [1.29, 1.82) is 0 Å². The number of likely N-dealkylation sites (tertiary alicyclic amines) is 1. The summed E-state index contributed by atoms with van der Waals surface area (Å²) >= 11 is 1.90. The molecule has 3 heteroatoms. The maximum atomic E-state index is 6.12. The Morgan fingerprint density at radius 2 is 2.20 bits per heavy atom. The van der Waals surface area contributed by atoms with Gasteiger partial charge in [-0.2, -0.15) is 0 Å². The van der Waals surface area contributed by atoms with Crippen molar-refractivity contribution in [2.24, 2.45) is 0 Å². The van der Waals surface area contributed by atoms with Crippen LogP contribution in [0.5, 0.6) is 0 Å². The molecule has 0 amide bonds. The fourth-order valence-electron chi connectivity index (χ4n) is 2.75. The molecule has 2 nitrogen and oxygen atoms in total. The predicted molar refractivity (Wildman–Crippen MR) is 62.4 cm³/mol. The molecule has 3 rings (SSSR count). The van der Waals surface area contributed by atoms with Gasteiger partial charge in [-0.3, -0.25) is 0 Å². The molecule has 0 N–H and O–H groups in total. The molecule has 2 aliphatic rings. The Labute approximate surface area is 94.9 Å². The first-order valence-corrected chi connectivity index (χ1v) is 6.57. The van der Waals surface area contributed by atoms with Crippen LogP contribution in [-0.2, 0) is 16.8 Å². The zero-order chi connectivity index (χ0) is 10.3. The molecule has 1 spiro atoms. The third-order valence-corrected chi connectivity index (χ3v) is 4.72. The summed E-state index contributed by atoms with van der Waals surface area (Å²) in [6.07, 6.45) is 3.44. The second-order valence-electron chi connectivity index (χ2n) is 4.65. The minimum absolute atomic E-state index is 0.0695. The molecular weight excluding hydrogens is 206 g/mol. The molecule has 3 heterocycles. The Bertz CT molecular complexity index is 352. The van der Waals surface area contributed by atoms with Gasteiger partial charge in [0.2, 0.25) is 0 Å². The average Bonchev–Trinajstić information content (AvgIpc) is 2.72. The van der Waals surface area contributed by atoms with Gasteiger partial charge in [0.05, 0.1) is 12.2 Å². The summed E-state index contributed by atoms with van der Waals surface area (Å²) in [5.74, 6) is 0. The van der Waals surface area contributed by atoms with Crippen molar-refractivity contribution in [2.45, 2.75) is 24.9 Å². The van der Waals surface area contributed by atoms with E-state index in [1.165, 1.54) is 5.56 Å². The van der Waals surface area contributed by atoms with Gasteiger partial charge in [-0.05, 0) is 36.9 Å². The molecule has 15 heavy (non-hydrogen) atoms. The molecule has 1 saturated heterocycles. The summed E-state index contributed by atoms with van der Waals surface area (Å²) < 4.78 is 6.12. The van der Waals surface area contributed by atoms with Crippen LogP contribution >= 0.6 is 11.3 Å². The molecule has 0 radical (unpaired) electrons. The highest BCUT2D eigenvalue weighted by molar-refractivity contribution is 7.10. The number of fused-ring (bicyclic) bond motifs is 2. The fraction of sp³-hybridized carbons (Fsp3) is 0.667. The van der Waals surface area contributed by atoms with Crippen LogP contribution in [0.2, 0.25) is 0 Å². The van der Waals surface area contributed by atoms with Gasteiger partial charge in [0.15, 0.2) is 0 Å². The van der Waals surface area contributed by atoms with Crippen LogP contribution in [0.15, 0.2) is 11.4 Å². The van der Waals surface area contributed by atoms with E-state index in [4.69, 9.17) is 4.74 Å². The van der Waals surface area contributed by atoms with Gasteiger partial charge in [-0.25, -0.2) is 0 Å². The van der Waals surface area contributed by atoms with Crippen LogP contribution in [0.4, 0.5) is 0 Å². The first kappa shape index (κ1) is 9.82. The number of hydrogen-bond acceptors (Lipinski definition) is 3. The molecule has 1 aromatic rings. The summed E-state index contributed by atoms with van der Waals surface area (Å²) in [5, 5.41) is 2.22. The molecule has 82 valence electrons. The summed E-state index contributed by atoms with van der Waals surface area (Å²) in [6, 6.07) is 2.28. The van der Waals surface area contributed by atoms with Gasteiger partial charge in [-0.1, -0.05) is 0 Å². The number of hydrogen-bond donors (Lipinski definition) is 0. The number of piperidine rings is 1. The van der Waals surface area contributed by atoms with E-state index in [0.29, 0.717) is 0 Å². The van der Waals surface area contributed by atoms with Crippen LogP contribution < -0.4 is 0 Å². The van der Waals surface area contributed by atoms with E-state index in [1.807, 2.05) is 11.3 Å².